The Kier molecular flexibility index (Phi) is 3.98. The van der Waals surface area contributed by atoms with E-state index in [9.17, 15) is 22.8 Å². The zero-order chi connectivity index (χ0) is 19.3. The maximum absolute atomic E-state index is 13.9. The second-order valence-electron chi connectivity index (χ2n) is 7.12. The summed E-state index contributed by atoms with van der Waals surface area (Å²) in [6.07, 6.45) is 1.35. The number of nitrogens with one attached hydrogen (secondary N) is 1. The SMILES string of the molecule is CC1Cc2ccccc2N1C(=O)C1(C(=O)Nc2ccc(F)c(F)c2F)CC1. The van der Waals surface area contributed by atoms with Gasteiger partial charge >= 0.3 is 0 Å². The van der Waals surface area contributed by atoms with Crippen molar-refractivity contribution >= 4 is 23.2 Å². The molecule has 27 heavy (non-hydrogen) atoms. The van der Waals surface area contributed by atoms with Gasteiger partial charge in [-0.25, -0.2) is 13.2 Å². The molecule has 4 rings (SSSR count). The zero-order valence-corrected chi connectivity index (χ0v) is 14.6. The molecule has 0 radical (unpaired) electrons. The molecule has 140 valence electrons. The molecule has 0 aromatic heterocycles. The molecule has 1 unspecified atom stereocenters. The molecular weight excluding hydrogens is 357 g/mol. The third-order valence-electron chi connectivity index (χ3n) is 5.30. The molecule has 1 heterocycles. The number of carbonyl (C=O) groups excluding carboxylic acids is 2. The number of halogens is 3. The second-order valence-corrected chi connectivity index (χ2v) is 7.12. The Balaban J connectivity index is 1.60. The molecule has 1 aliphatic carbocycles. The van der Waals surface area contributed by atoms with Gasteiger partial charge in [0.25, 0.3) is 0 Å². The largest absolute Gasteiger partial charge is 0.323 e. The maximum atomic E-state index is 13.9. The van der Waals surface area contributed by atoms with Gasteiger partial charge in [0, 0.05) is 11.7 Å². The first-order valence-electron chi connectivity index (χ1n) is 8.71. The summed E-state index contributed by atoms with van der Waals surface area (Å²) in [5.41, 5.74) is 0.0189. The van der Waals surface area contributed by atoms with Crippen molar-refractivity contribution in [3.63, 3.8) is 0 Å². The van der Waals surface area contributed by atoms with Gasteiger partial charge < -0.3 is 10.2 Å². The molecule has 4 nitrogen and oxygen atoms in total. The van der Waals surface area contributed by atoms with Crippen LogP contribution in [0.5, 0.6) is 0 Å². The average molecular weight is 374 g/mol. The maximum Gasteiger partial charge on any atom is 0.242 e. The minimum atomic E-state index is -1.66. The smallest absolute Gasteiger partial charge is 0.242 e. The van der Waals surface area contributed by atoms with Gasteiger partial charge in [-0.3, -0.25) is 9.59 Å². The number of nitrogens with zero attached hydrogens (tertiary/aromatic N) is 1. The summed E-state index contributed by atoms with van der Waals surface area (Å²) in [6, 6.07) is 9.07. The number of para-hydroxylation sites is 1. The summed E-state index contributed by atoms with van der Waals surface area (Å²) >= 11 is 0. The number of anilines is 2. The molecule has 1 N–H and O–H groups in total. The minimum Gasteiger partial charge on any atom is -0.323 e. The summed E-state index contributed by atoms with van der Waals surface area (Å²) in [6.45, 7) is 1.90. The molecule has 2 aromatic rings. The third-order valence-corrected chi connectivity index (χ3v) is 5.30. The minimum absolute atomic E-state index is 0.0971. The van der Waals surface area contributed by atoms with Crippen molar-refractivity contribution in [2.75, 3.05) is 10.2 Å². The molecule has 1 saturated carbocycles. The monoisotopic (exact) mass is 374 g/mol. The zero-order valence-electron chi connectivity index (χ0n) is 14.6. The van der Waals surface area contributed by atoms with Crippen molar-refractivity contribution in [3.8, 4) is 0 Å². The highest BCUT2D eigenvalue weighted by Gasteiger charge is 2.59. The molecule has 1 fully saturated rings. The van der Waals surface area contributed by atoms with Crippen LogP contribution in [0.25, 0.3) is 0 Å². The van der Waals surface area contributed by atoms with Gasteiger partial charge in [-0.15, -0.1) is 0 Å². The van der Waals surface area contributed by atoms with Crippen LogP contribution in [0.4, 0.5) is 24.5 Å². The summed E-state index contributed by atoms with van der Waals surface area (Å²) in [4.78, 5) is 27.5. The number of fused-ring (bicyclic) bond motifs is 1. The molecule has 2 amide bonds. The van der Waals surface area contributed by atoms with E-state index in [0.717, 1.165) is 23.4 Å². The van der Waals surface area contributed by atoms with Crippen LogP contribution in [-0.2, 0) is 16.0 Å². The highest BCUT2D eigenvalue weighted by molar-refractivity contribution is 6.18. The highest BCUT2D eigenvalue weighted by atomic mass is 19.2. The Morgan fingerprint density at radius 3 is 2.48 bits per heavy atom. The molecule has 1 atom stereocenters. The van der Waals surface area contributed by atoms with Crippen molar-refractivity contribution in [1.29, 1.82) is 0 Å². The molecule has 0 bridgehead atoms. The summed E-state index contributed by atoms with van der Waals surface area (Å²) in [5.74, 6) is -5.53. The quantitative estimate of drug-likeness (QED) is 0.656. The number of hydrogen-bond acceptors (Lipinski definition) is 2. The lowest BCUT2D eigenvalue weighted by molar-refractivity contribution is -0.132. The van der Waals surface area contributed by atoms with Gasteiger partial charge in [-0.1, -0.05) is 18.2 Å². The molecule has 0 saturated heterocycles. The van der Waals surface area contributed by atoms with Crippen molar-refractivity contribution in [1.82, 2.24) is 0 Å². The van der Waals surface area contributed by atoms with E-state index < -0.39 is 34.5 Å². The van der Waals surface area contributed by atoms with Crippen LogP contribution in [0.3, 0.4) is 0 Å². The van der Waals surface area contributed by atoms with Crippen LogP contribution < -0.4 is 10.2 Å². The van der Waals surface area contributed by atoms with Crippen molar-refractivity contribution in [2.45, 2.75) is 32.2 Å². The van der Waals surface area contributed by atoms with Gasteiger partial charge in [0.05, 0.1) is 5.69 Å². The van der Waals surface area contributed by atoms with Gasteiger partial charge in [-0.05, 0) is 49.9 Å². The second kappa shape index (κ2) is 6.11. The van der Waals surface area contributed by atoms with Gasteiger partial charge in [-0.2, -0.15) is 0 Å². The number of benzene rings is 2. The van der Waals surface area contributed by atoms with E-state index in [1.165, 1.54) is 0 Å². The topological polar surface area (TPSA) is 49.4 Å². The van der Waals surface area contributed by atoms with E-state index in [-0.39, 0.29) is 11.9 Å². The summed E-state index contributed by atoms with van der Waals surface area (Å²) in [5, 5.41) is 2.26. The van der Waals surface area contributed by atoms with E-state index in [1.807, 2.05) is 31.2 Å². The number of carbonyl (C=O) groups is 2. The molecule has 2 aromatic carbocycles. The van der Waals surface area contributed by atoms with E-state index in [2.05, 4.69) is 5.32 Å². The average Bonchev–Trinajstić information content (AvgIpc) is 3.39. The lowest BCUT2D eigenvalue weighted by atomic mass is 10.0. The lowest BCUT2D eigenvalue weighted by Gasteiger charge is -2.27. The molecular formula is C20H17F3N2O2. The molecule has 1 aliphatic heterocycles. The standard InChI is InChI=1S/C20H17F3N2O2/c1-11-10-12-4-2-3-5-15(12)25(11)19(27)20(8-9-20)18(26)24-14-7-6-13(21)16(22)17(14)23/h2-7,11H,8-10H2,1H3,(H,24,26). The Labute approximate surface area is 154 Å². The third kappa shape index (κ3) is 2.69. The van der Waals surface area contributed by atoms with Crippen LogP contribution in [-0.4, -0.2) is 17.9 Å². The number of rotatable bonds is 3. The summed E-state index contributed by atoms with van der Waals surface area (Å²) in [7, 11) is 0. The fourth-order valence-electron chi connectivity index (χ4n) is 3.63. The summed E-state index contributed by atoms with van der Waals surface area (Å²) < 4.78 is 40.3. The lowest BCUT2D eigenvalue weighted by Crippen LogP contribution is -2.45. The van der Waals surface area contributed by atoms with E-state index >= 15 is 0 Å². The normalized spacial score (nSPS) is 19.6. The first kappa shape index (κ1) is 17.6. The van der Waals surface area contributed by atoms with Gasteiger partial charge in [0.2, 0.25) is 11.8 Å². The van der Waals surface area contributed by atoms with Crippen LogP contribution in [0, 0.1) is 22.9 Å². The Hall–Kier alpha value is -2.83. The molecule has 2 aliphatic rings. The number of amides is 2. The van der Waals surface area contributed by atoms with Gasteiger partial charge in [0.1, 0.15) is 5.41 Å². The number of hydrogen-bond donors (Lipinski definition) is 1. The molecule has 7 heteroatoms. The van der Waals surface area contributed by atoms with E-state index in [0.29, 0.717) is 19.3 Å². The Morgan fingerprint density at radius 1 is 1.07 bits per heavy atom. The van der Waals surface area contributed by atoms with Crippen LogP contribution >= 0.6 is 0 Å². The first-order valence-corrected chi connectivity index (χ1v) is 8.71. The van der Waals surface area contributed by atoms with E-state index in [4.69, 9.17) is 0 Å². The fraction of sp³-hybridized carbons (Fsp3) is 0.300. The molecule has 0 spiro atoms. The van der Waals surface area contributed by atoms with E-state index in [1.54, 1.807) is 4.90 Å². The Bertz CT molecular complexity index is 956. The Morgan fingerprint density at radius 2 is 1.78 bits per heavy atom. The first-order chi connectivity index (χ1) is 12.8. The van der Waals surface area contributed by atoms with Crippen molar-refractivity contribution in [3.05, 3.63) is 59.4 Å². The van der Waals surface area contributed by atoms with Crippen molar-refractivity contribution < 1.29 is 22.8 Å². The van der Waals surface area contributed by atoms with Crippen LogP contribution in [0.1, 0.15) is 25.3 Å². The fourth-order valence-corrected chi connectivity index (χ4v) is 3.63. The highest BCUT2D eigenvalue weighted by Crippen LogP contribution is 2.50. The predicted molar refractivity (Wildman–Crippen MR) is 93.7 cm³/mol. The van der Waals surface area contributed by atoms with Crippen LogP contribution in [0.15, 0.2) is 36.4 Å². The predicted octanol–water partition coefficient (Wildman–Crippen LogP) is 3.80. The van der Waals surface area contributed by atoms with Crippen molar-refractivity contribution in [2.24, 2.45) is 5.41 Å². The van der Waals surface area contributed by atoms with Gasteiger partial charge in [0.15, 0.2) is 17.5 Å². The van der Waals surface area contributed by atoms with Crippen LogP contribution in [0.2, 0.25) is 0 Å².